The van der Waals surface area contributed by atoms with Gasteiger partial charge in [-0.25, -0.2) is 0 Å². The van der Waals surface area contributed by atoms with Gasteiger partial charge in [-0.1, -0.05) is 45.9 Å². The Balaban J connectivity index is 3.25. The average molecular weight is 212 g/mol. The van der Waals surface area contributed by atoms with Crippen molar-refractivity contribution in [1.82, 2.24) is 0 Å². The highest BCUT2D eigenvalue weighted by Gasteiger charge is 2.12. The first kappa shape index (κ1) is 11.4. The fourth-order valence-corrected chi connectivity index (χ4v) is 1.88. The molecule has 78 valence electrons. The van der Waals surface area contributed by atoms with Gasteiger partial charge in [-0.15, -0.1) is 0 Å². The van der Waals surface area contributed by atoms with Crippen molar-refractivity contribution in [2.24, 2.45) is 0 Å². The standard InChI is InChI=1S/C12H18ClN/c1-8(2)10-6-5-7-11(9(3)4)12(10)14-13/h5-9,14H,1-4H3. The quantitative estimate of drug-likeness (QED) is 0.726. The SMILES string of the molecule is CC(C)c1cccc(C(C)C)c1NCl. The van der Waals surface area contributed by atoms with E-state index in [1.54, 1.807) is 0 Å². The molecule has 0 atom stereocenters. The molecule has 0 aromatic heterocycles. The Morgan fingerprint density at radius 2 is 1.43 bits per heavy atom. The fourth-order valence-electron chi connectivity index (χ4n) is 1.66. The van der Waals surface area contributed by atoms with E-state index in [9.17, 15) is 0 Å². The highest BCUT2D eigenvalue weighted by Crippen LogP contribution is 2.32. The Labute approximate surface area is 91.6 Å². The van der Waals surface area contributed by atoms with Crippen LogP contribution in [0.25, 0.3) is 0 Å². The number of nitrogens with one attached hydrogen (secondary N) is 1. The van der Waals surface area contributed by atoms with Crippen LogP contribution in [0.15, 0.2) is 18.2 Å². The van der Waals surface area contributed by atoms with Crippen LogP contribution >= 0.6 is 11.8 Å². The van der Waals surface area contributed by atoms with Gasteiger partial charge in [0.1, 0.15) is 0 Å². The zero-order chi connectivity index (χ0) is 10.7. The second-order valence-corrected chi connectivity index (χ2v) is 4.40. The summed E-state index contributed by atoms with van der Waals surface area (Å²) in [6, 6.07) is 6.35. The van der Waals surface area contributed by atoms with Crippen molar-refractivity contribution >= 4 is 17.5 Å². The largest absolute Gasteiger partial charge is 0.298 e. The lowest BCUT2D eigenvalue weighted by Crippen LogP contribution is -2.00. The van der Waals surface area contributed by atoms with E-state index >= 15 is 0 Å². The van der Waals surface area contributed by atoms with Gasteiger partial charge in [0.25, 0.3) is 0 Å². The van der Waals surface area contributed by atoms with Crippen molar-refractivity contribution in [2.75, 3.05) is 4.84 Å². The van der Waals surface area contributed by atoms with Crippen LogP contribution in [0.4, 0.5) is 5.69 Å². The molecule has 0 saturated heterocycles. The third-order valence-electron chi connectivity index (χ3n) is 2.47. The molecule has 1 rings (SSSR count). The summed E-state index contributed by atoms with van der Waals surface area (Å²) in [6.45, 7) is 8.71. The number of benzene rings is 1. The van der Waals surface area contributed by atoms with Gasteiger partial charge < -0.3 is 0 Å². The lowest BCUT2D eigenvalue weighted by Gasteiger charge is -2.17. The molecule has 14 heavy (non-hydrogen) atoms. The highest BCUT2D eigenvalue weighted by atomic mass is 35.5. The van der Waals surface area contributed by atoms with Gasteiger partial charge in [-0.05, 0) is 23.0 Å². The van der Waals surface area contributed by atoms with Crippen molar-refractivity contribution in [3.05, 3.63) is 29.3 Å². The lowest BCUT2D eigenvalue weighted by atomic mass is 9.93. The predicted molar refractivity (Wildman–Crippen MR) is 64.1 cm³/mol. The van der Waals surface area contributed by atoms with Crippen LogP contribution in [0, 0.1) is 0 Å². The summed E-state index contributed by atoms with van der Waals surface area (Å²) in [5.74, 6) is 0.991. The van der Waals surface area contributed by atoms with Gasteiger partial charge in [0.15, 0.2) is 0 Å². The zero-order valence-corrected chi connectivity index (χ0v) is 10.0. The van der Waals surface area contributed by atoms with E-state index in [2.05, 4.69) is 50.7 Å². The molecule has 0 saturated carbocycles. The molecular formula is C12H18ClN. The molecular weight excluding hydrogens is 194 g/mol. The van der Waals surface area contributed by atoms with Crippen molar-refractivity contribution < 1.29 is 0 Å². The molecule has 0 unspecified atom stereocenters. The van der Waals surface area contributed by atoms with Gasteiger partial charge >= 0.3 is 0 Å². The summed E-state index contributed by atoms with van der Waals surface area (Å²) in [4.78, 5) is 2.80. The smallest absolute Gasteiger partial charge is 0.0560 e. The van der Waals surface area contributed by atoms with Crippen LogP contribution in [0.5, 0.6) is 0 Å². The number of anilines is 1. The Bertz CT molecular complexity index is 279. The van der Waals surface area contributed by atoms with Crippen molar-refractivity contribution in [3.8, 4) is 0 Å². The molecule has 1 aromatic carbocycles. The van der Waals surface area contributed by atoms with E-state index in [0.29, 0.717) is 11.8 Å². The highest BCUT2D eigenvalue weighted by molar-refractivity contribution is 6.24. The topological polar surface area (TPSA) is 12.0 Å². The molecule has 0 bridgehead atoms. The molecule has 0 spiro atoms. The van der Waals surface area contributed by atoms with Crippen LogP contribution < -0.4 is 4.84 Å². The van der Waals surface area contributed by atoms with Crippen LogP contribution in [0.3, 0.4) is 0 Å². The van der Waals surface area contributed by atoms with E-state index < -0.39 is 0 Å². The molecule has 1 aromatic rings. The molecule has 2 heteroatoms. The maximum Gasteiger partial charge on any atom is 0.0560 e. The van der Waals surface area contributed by atoms with Gasteiger partial charge in [-0.2, -0.15) is 0 Å². The van der Waals surface area contributed by atoms with E-state index in [1.165, 1.54) is 11.1 Å². The average Bonchev–Trinajstić information content (AvgIpc) is 2.16. The molecule has 0 fully saturated rings. The molecule has 1 nitrogen and oxygen atoms in total. The first-order valence-corrected chi connectivity index (χ1v) is 5.45. The van der Waals surface area contributed by atoms with E-state index in [-0.39, 0.29) is 0 Å². The number of para-hydroxylation sites is 1. The molecule has 0 amide bonds. The van der Waals surface area contributed by atoms with Crippen molar-refractivity contribution in [3.63, 3.8) is 0 Å². The third kappa shape index (κ3) is 2.21. The Kier molecular flexibility index (Phi) is 3.82. The monoisotopic (exact) mass is 211 g/mol. The maximum absolute atomic E-state index is 5.78. The third-order valence-corrected chi connectivity index (χ3v) is 2.66. The molecule has 0 radical (unpaired) electrons. The zero-order valence-electron chi connectivity index (χ0n) is 9.26. The first-order chi connectivity index (χ1) is 6.57. The van der Waals surface area contributed by atoms with Gasteiger partial charge in [0, 0.05) is 11.8 Å². The molecule has 0 aliphatic rings. The van der Waals surface area contributed by atoms with Gasteiger partial charge in [-0.3, -0.25) is 4.84 Å². The summed E-state index contributed by atoms with van der Waals surface area (Å²) in [5.41, 5.74) is 3.65. The fraction of sp³-hybridized carbons (Fsp3) is 0.500. The number of halogens is 1. The Morgan fingerprint density at radius 3 is 1.71 bits per heavy atom. The summed E-state index contributed by atoms with van der Waals surface area (Å²) >= 11 is 5.78. The minimum Gasteiger partial charge on any atom is -0.298 e. The molecule has 0 aliphatic heterocycles. The number of hydrogen-bond acceptors (Lipinski definition) is 1. The van der Waals surface area contributed by atoms with E-state index in [4.69, 9.17) is 11.8 Å². The summed E-state index contributed by atoms with van der Waals surface area (Å²) < 4.78 is 0. The lowest BCUT2D eigenvalue weighted by molar-refractivity contribution is 0.839. The van der Waals surface area contributed by atoms with Crippen LogP contribution in [0.2, 0.25) is 0 Å². The normalized spacial score (nSPS) is 11.1. The summed E-state index contributed by atoms with van der Waals surface area (Å²) in [5, 5.41) is 0. The predicted octanol–water partition coefficient (Wildman–Crippen LogP) is 4.50. The van der Waals surface area contributed by atoms with E-state index in [0.717, 1.165) is 5.69 Å². The maximum atomic E-state index is 5.78. The summed E-state index contributed by atoms with van der Waals surface area (Å²) in [6.07, 6.45) is 0. The van der Waals surface area contributed by atoms with Crippen LogP contribution in [-0.4, -0.2) is 0 Å². The Hall–Kier alpha value is -0.690. The van der Waals surface area contributed by atoms with E-state index in [1.807, 2.05) is 0 Å². The second-order valence-electron chi connectivity index (χ2n) is 4.22. The second kappa shape index (κ2) is 4.70. The minimum absolute atomic E-state index is 0.495. The van der Waals surface area contributed by atoms with Crippen LogP contribution in [-0.2, 0) is 0 Å². The first-order valence-electron chi connectivity index (χ1n) is 5.07. The van der Waals surface area contributed by atoms with Gasteiger partial charge in [0.05, 0.1) is 5.69 Å². The van der Waals surface area contributed by atoms with Crippen molar-refractivity contribution in [2.45, 2.75) is 39.5 Å². The minimum atomic E-state index is 0.495. The summed E-state index contributed by atoms with van der Waals surface area (Å²) in [7, 11) is 0. The number of rotatable bonds is 3. The Morgan fingerprint density at radius 1 is 1.00 bits per heavy atom. The number of hydrogen-bond donors (Lipinski definition) is 1. The molecule has 0 heterocycles. The molecule has 1 N–H and O–H groups in total. The van der Waals surface area contributed by atoms with Crippen LogP contribution in [0.1, 0.15) is 50.7 Å². The molecule has 0 aliphatic carbocycles. The van der Waals surface area contributed by atoms with Crippen molar-refractivity contribution in [1.29, 1.82) is 0 Å². The van der Waals surface area contributed by atoms with Gasteiger partial charge in [0.2, 0.25) is 0 Å².